The van der Waals surface area contributed by atoms with Crippen LogP contribution in [0.2, 0.25) is 0 Å². The summed E-state index contributed by atoms with van der Waals surface area (Å²) < 4.78 is 0. The van der Waals surface area contributed by atoms with Gasteiger partial charge in [0.15, 0.2) is 5.82 Å². The van der Waals surface area contributed by atoms with Gasteiger partial charge in [-0.25, -0.2) is 0 Å². The van der Waals surface area contributed by atoms with Crippen LogP contribution in [0.15, 0.2) is 0 Å². The third-order valence-corrected chi connectivity index (χ3v) is 4.97. The SMILES string of the molecule is Cc1nnc(N2CCCC(C3CCCN3)C2)c(C#N)c1C. The second-order valence-corrected chi connectivity index (χ2v) is 6.27. The average molecular weight is 285 g/mol. The number of nitrogens with one attached hydrogen (secondary N) is 1. The number of nitriles is 1. The van der Waals surface area contributed by atoms with Gasteiger partial charge in [-0.3, -0.25) is 0 Å². The minimum atomic E-state index is 0.637. The van der Waals surface area contributed by atoms with Gasteiger partial charge in [-0.15, -0.1) is 5.10 Å². The fourth-order valence-corrected chi connectivity index (χ4v) is 3.60. The maximum atomic E-state index is 9.47. The summed E-state index contributed by atoms with van der Waals surface area (Å²) in [7, 11) is 0. The normalized spacial score (nSPS) is 25.9. The number of aromatic nitrogens is 2. The maximum Gasteiger partial charge on any atom is 0.169 e. The van der Waals surface area contributed by atoms with Crippen LogP contribution in [0.5, 0.6) is 0 Å². The second-order valence-electron chi connectivity index (χ2n) is 6.27. The van der Waals surface area contributed by atoms with E-state index in [2.05, 4.69) is 26.5 Å². The number of hydrogen-bond donors (Lipinski definition) is 1. The lowest BCUT2D eigenvalue weighted by molar-refractivity contribution is 0.327. The van der Waals surface area contributed by atoms with E-state index < -0.39 is 0 Å². The van der Waals surface area contributed by atoms with E-state index in [9.17, 15) is 5.26 Å². The van der Waals surface area contributed by atoms with E-state index in [4.69, 9.17) is 0 Å². The summed E-state index contributed by atoms with van der Waals surface area (Å²) in [5.41, 5.74) is 2.51. The molecule has 21 heavy (non-hydrogen) atoms. The van der Waals surface area contributed by atoms with Crippen LogP contribution in [-0.4, -0.2) is 35.9 Å². The molecule has 2 saturated heterocycles. The summed E-state index contributed by atoms with van der Waals surface area (Å²) in [6, 6.07) is 2.96. The van der Waals surface area contributed by atoms with Gasteiger partial charge in [-0.1, -0.05) is 0 Å². The van der Waals surface area contributed by atoms with Crippen molar-refractivity contribution in [3.05, 3.63) is 16.8 Å². The Morgan fingerprint density at radius 1 is 1.24 bits per heavy atom. The van der Waals surface area contributed by atoms with E-state index in [1.165, 1.54) is 25.7 Å². The van der Waals surface area contributed by atoms with Crippen LogP contribution < -0.4 is 10.2 Å². The molecule has 2 aliphatic heterocycles. The topological polar surface area (TPSA) is 64.8 Å². The van der Waals surface area contributed by atoms with Crippen molar-refractivity contribution in [1.82, 2.24) is 15.5 Å². The molecule has 5 heteroatoms. The first-order valence-electron chi connectivity index (χ1n) is 7.93. The Morgan fingerprint density at radius 2 is 2.10 bits per heavy atom. The van der Waals surface area contributed by atoms with Gasteiger partial charge in [0.1, 0.15) is 11.6 Å². The minimum absolute atomic E-state index is 0.637. The molecule has 0 radical (unpaired) electrons. The van der Waals surface area contributed by atoms with Crippen molar-refractivity contribution in [2.75, 3.05) is 24.5 Å². The summed E-state index contributed by atoms with van der Waals surface area (Å²) in [6.45, 7) is 6.99. The van der Waals surface area contributed by atoms with Crippen LogP contribution in [0, 0.1) is 31.1 Å². The summed E-state index contributed by atoms with van der Waals surface area (Å²) in [4.78, 5) is 2.27. The van der Waals surface area contributed by atoms with E-state index in [0.29, 0.717) is 17.5 Å². The lowest BCUT2D eigenvalue weighted by atomic mass is 9.89. The van der Waals surface area contributed by atoms with E-state index in [1.807, 2.05) is 13.8 Å². The van der Waals surface area contributed by atoms with E-state index >= 15 is 0 Å². The smallest absolute Gasteiger partial charge is 0.169 e. The number of nitrogens with zero attached hydrogens (tertiary/aromatic N) is 4. The zero-order chi connectivity index (χ0) is 14.8. The highest BCUT2D eigenvalue weighted by Gasteiger charge is 2.30. The van der Waals surface area contributed by atoms with Gasteiger partial charge in [-0.2, -0.15) is 10.4 Å². The standard InChI is InChI=1S/C16H23N5/c1-11-12(2)19-20-16(14(11)9-17)21-8-4-5-13(10-21)15-6-3-7-18-15/h13,15,18H,3-8,10H2,1-2H3. The Kier molecular flexibility index (Phi) is 4.07. The Hall–Kier alpha value is -1.67. The van der Waals surface area contributed by atoms with Crippen molar-refractivity contribution in [3.63, 3.8) is 0 Å². The van der Waals surface area contributed by atoms with Crippen LogP contribution >= 0.6 is 0 Å². The molecule has 1 N–H and O–H groups in total. The molecule has 5 nitrogen and oxygen atoms in total. The highest BCUT2D eigenvalue weighted by molar-refractivity contribution is 5.57. The van der Waals surface area contributed by atoms with Crippen LogP contribution in [0.1, 0.15) is 42.5 Å². The maximum absolute atomic E-state index is 9.47. The molecule has 1 aromatic rings. The molecule has 3 heterocycles. The molecule has 3 rings (SSSR count). The van der Waals surface area contributed by atoms with Gasteiger partial charge >= 0.3 is 0 Å². The fourth-order valence-electron chi connectivity index (χ4n) is 3.60. The number of piperidine rings is 1. The lowest BCUT2D eigenvalue weighted by Gasteiger charge is -2.36. The fraction of sp³-hybridized carbons (Fsp3) is 0.688. The summed E-state index contributed by atoms with van der Waals surface area (Å²) in [6.07, 6.45) is 5.01. The summed E-state index contributed by atoms with van der Waals surface area (Å²) in [5.74, 6) is 1.44. The lowest BCUT2D eigenvalue weighted by Crippen LogP contribution is -2.44. The Morgan fingerprint density at radius 3 is 2.81 bits per heavy atom. The highest BCUT2D eigenvalue weighted by Crippen LogP contribution is 2.29. The predicted molar refractivity (Wildman–Crippen MR) is 82.2 cm³/mol. The number of anilines is 1. The molecule has 112 valence electrons. The van der Waals surface area contributed by atoms with E-state index in [0.717, 1.165) is 36.7 Å². The van der Waals surface area contributed by atoms with Crippen molar-refractivity contribution >= 4 is 5.82 Å². The molecule has 0 aliphatic carbocycles. The number of hydrogen-bond acceptors (Lipinski definition) is 5. The first kappa shape index (κ1) is 14.3. The Balaban J connectivity index is 1.83. The third kappa shape index (κ3) is 2.73. The summed E-state index contributed by atoms with van der Waals surface area (Å²) in [5, 5.41) is 21.6. The quantitative estimate of drug-likeness (QED) is 0.899. The van der Waals surface area contributed by atoms with E-state index in [1.54, 1.807) is 0 Å². The van der Waals surface area contributed by atoms with Crippen LogP contribution in [-0.2, 0) is 0 Å². The van der Waals surface area contributed by atoms with Crippen LogP contribution in [0.3, 0.4) is 0 Å². The second kappa shape index (κ2) is 5.98. The van der Waals surface area contributed by atoms with Gasteiger partial charge in [-0.05, 0) is 57.6 Å². The van der Waals surface area contributed by atoms with Crippen molar-refractivity contribution in [2.24, 2.45) is 5.92 Å². The Labute approximate surface area is 126 Å². The molecular formula is C16H23N5. The monoisotopic (exact) mass is 285 g/mol. The van der Waals surface area contributed by atoms with Crippen molar-refractivity contribution < 1.29 is 0 Å². The highest BCUT2D eigenvalue weighted by atomic mass is 15.3. The molecule has 1 aromatic heterocycles. The molecule has 2 fully saturated rings. The van der Waals surface area contributed by atoms with Crippen LogP contribution in [0.25, 0.3) is 0 Å². The van der Waals surface area contributed by atoms with Gasteiger partial charge in [0.05, 0.1) is 5.69 Å². The largest absolute Gasteiger partial charge is 0.354 e. The van der Waals surface area contributed by atoms with Crippen molar-refractivity contribution in [3.8, 4) is 6.07 Å². The number of aryl methyl sites for hydroxylation is 1. The predicted octanol–water partition coefficient (Wildman–Crippen LogP) is 1.93. The van der Waals surface area contributed by atoms with Gasteiger partial charge < -0.3 is 10.2 Å². The molecule has 0 saturated carbocycles. The molecule has 0 amide bonds. The van der Waals surface area contributed by atoms with E-state index in [-0.39, 0.29) is 0 Å². The number of rotatable bonds is 2. The third-order valence-electron chi connectivity index (χ3n) is 4.97. The first-order chi connectivity index (χ1) is 10.2. The molecular weight excluding hydrogens is 262 g/mol. The minimum Gasteiger partial charge on any atom is -0.354 e. The molecule has 0 bridgehead atoms. The zero-order valence-electron chi connectivity index (χ0n) is 12.9. The summed E-state index contributed by atoms with van der Waals surface area (Å²) >= 11 is 0. The van der Waals surface area contributed by atoms with Crippen molar-refractivity contribution in [2.45, 2.75) is 45.6 Å². The molecule has 0 aromatic carbocycles. The first-order valence-corrected chi connectivity index (χ1v) is 7.93. The van der Waals surface area contributed by atoms with Crippen molar-refractivity contribution in [1.29, 1.82) is 5.26 Å². The molecule has 0 spiro atoms. The molecule has 2 aliphatic rings. The van der Waals surface area contributed by atoms with Gasteiger partial charge in [0, 0.05) is 19.1 Å². The van der Waals surface area contributed by atoms with Gasteiger partial charge in [0.2, 0.25) is 0 Å². The van der Waals surface area contributed by atoms with Gasteiger partial charge in [0.25, 0.3) is 0 Å². The zero-order valence-corrected chi connectivity index (χ0v) is 12.9. The average Bonchev–Trinajstić information content (AvgIpc) is 3.04. The molecule has 2 unspecified atom stereocenters. The molecule has 2 atom stereocenters. The van der Waals surface area contributed by atoms with Crippen LogP contribution in [0.4, 0.5) is 5.82 Å². The Bertz CT molecular complexity index is 557.